The highest BCUT2D eigenvalue weighted by atomic mass is 32.2. The van der Waals surface area contributed by atoms with Gasteiger partial charge in [-0.3, -0.25) is 15.0 Å². The first-order valence-corrected chi connectivity index (χ1v) is 10.0. The number of anilines is 1. The number of sulfonamides is 1. The molecule has 0 radical (unpaired) electrons. The smallest absolute Gasteiger partial charge is 0.282 e. The minimum atomic E-state index is -3.78. The van der Waals surface area contributed by atoms with Gasteiger partial charge in [0.05, 0.1) is 10.6 Å². The molecular formula is C20H15N3O5S. The first-order chi connectivity index (χ1) is 13.8. The zero-order valence-electron chi connectivity index (χ0n) is 14.9. The summed E-state index contributed by atoms with van der Waals surface area (Å²) in [6, 6.07) is 17.9. The molecule has 1 aliphatic heterocycles. The fourth-order valence-corrected chi connectivity index (χ4v) is 3.37. The Labute approximate surface area is 166 Å². The Morgan fingerprint density at radius 1 is 0.931 bits per heavy atom. The van der Waals surface area contributed by atoms with Gasteiger partial charge in [-0.15, -0.1) is 0 Å². The Morgan fingerprint density at radius 3 is 2.28 bits per heavy atom. The van der Waals surface area contributed by atoms with Crippen LogP contribution in [-0.4, -0.2) is 20.2 Å². The van der Waals surface area contributed by atoms with Gasteiger partial charge in [0.1, 0.15) is 17.1 Å². The van der Waals surface area contributed by atoms with E-state index in [0.717, 1.165) is 0 Å². The highest BCUT2D eigenvalue weighted by Crippen LogP contribution is 2.26. The van der Waals surface area contributed by atoms with Gasteiger partial charge in [-0.2, -0.15) is 0 Å². The van der Waals surface area contributed by atoms with E-state index in [2.05, 4.69) is 5.43 Å². The number of rotatable bonds is 4. The van der Waals surface area contributed by atoms with Crippen molar-refractivity contribution in [3.8, 4) is 11.3 Å². The van der Waals surface area contributed by atoms with Crippen molar-refractivity contribution in [1.29, 1.82) is 0 Å². The lowest BCUT2D eigenvalue weighted by atomic mass is 10.2. The zero-order chi connectivity index (χ0) is 20.6. The normalized spacial score (nSPS) is 15.8. The number of hydrogen-bond donors (Lipinski definition) is 2. The monoisotopic (exact) mass is 409 g/mol. The lowest BCUT2D eigenvalue weighted by molar-refractivity contribution is -0.117. The molecule has 9 heteroatoms. The third kappa shape index (κ3) is 3.68. The minimum absolute atomic E-state index is 0.00984. The summed E-state index contributed by atoms with van der Waals surface area (Å²) in [4.78, 5) is 24.8. The Bertz CT molecular complexity index is 1230. The molecule has 1 aromatic heterocycles. The van der Waals surface area contributed by atoms with Crippen molar-refractivity contribution < 1.29 is 22.4 Å². The summed E-state index contributed by atoms with van der Waals surface area (Å²) in [5.74, 6) is -0.265. The van der Waals surface area contributed by atoms with Gasteiger partial charge in [-0.1, -0.05) is 18.2 Å². The van der Waals surface area contributed by atoms with E-state index >= 15 is 0 Å². The Kier molecular flexibility index (Phi) is 4.53. The van der Waals surface area contributed by atoms with Gasteiger partial charge < -0.3 is 4.42 Å². The van der Waals surface area contributed by atoms with E-state index in [-0.39, 0.29) is 10.5 Å². The van der Waals surface area contributed by atoms with Crippen molar-refractivity contribution >= 4 is 33.6 Å². The Balaban J connectivity index is 1.59. The van der Waals surface area contributed by atoms with Crippen LogP contribution in [0.3, 0.4) is 0 Å². The van der Waals surface area contributed by atoms with E-state index < -0.39 is 21.8 Å². The summed E-state index contributed by atoms with van der Waals surface area (Å²) in [6.45, 7) is 0. The van der Waals surface area contributed by atoms with Gasteiger partial charge in [0.15, 0.2) is 0 Å². The lowest BCUT2D eigenvalue weighted by Gasteiger charge is -2.13. The zero-order valence-corrected chi connectivity index (χ0v) is 15.7. The van der Waals surface area contributed by atoms with Crippen LogP contribution in [0.25, 0.3) is 17.4 Å². The van der Waals surface area contributed by atoms with Crippen LogP contribution in [0, 0.1) is 0 Å². The second kappa shape index (κ2) is 7.04. The largest absolute Gasteiger partial charge is 0.457 e. The Morgan fingerprint density at radius 2 is 1.62 bits per heavy atom. The van der Waals surface area contributed by atoms with E-state index in [9.17, 15) is 18.0 Å². The van der Waals surface area contributed by atoms with Gasteiger partial charge in [-0.05, 0) is 54.6 Å². The minimum Gasteiger partial charge on any atom is -0.457 e. The number of hydrazine groups is 1. The molecule has 1 fully saturated rings. The van der Waals surface area contributed by atoms with Crippen molar-refractivity contribution in [3.63, 3.8) is 0 Å². The SMILES string of the molecule is NS(=O)(=O)c1ccc(-c2ccc(/C=C3\C(=O)NN(c4ccccc4)C3=O)o2)cc1. The van der Waals surface area contributed by atoms with Gasteiger partial charge in [0, 0.05) is 5.56 Å². The third-order valence-electron chi connectivity index (χ3n) is 4.29. The van der Waals surface area contributed by atoms with E-state index in [0.29, 0.717) is 22.8 Å². The summed E-state index contributed by atoms with van der Waals surface area (Å²) < 4.78 is 28.4. The average Bonchev–Trinajstić information content (AvgIpc) is 3.28. The topological polar surface area (TPSA) is 123 Å². The van der Waals surface area contributed by atoms with Crippen LogP contribution in [0.5, 0.6) is 0 Å². The first-order valence-electron chi connectivity index (χ1n) is 8.48. The molecule has 2 aromatic carbocycles. The molecule has 0 bridgehead atoms. The molecule has 0 spiro atoms. The first kappa shape index (κ1) is 18.7. The lowest BCUT2D eigenvalue weighted by Crippen LogP contribution is -2.35. The summed E-state index contributed by atoms with van der Waals surface area (Å²) in [6.07, 6.45) is 1.36. The van der Waals surface area contributed by atoms with Gasteiger partial charge >= 0.3 is 0 Å². The maximum Gasteiger partial charge on any atom is 0.282 e. The fourth-order valence-electron chi connectivity index (χ4n) is 2.85. The molecule has 3 aromatic rings. The number of nitrogens with one attached hydrogen (secondary N) is 1. The molecule has 3 N–H and O–H groups in total. The highest BCUT2D eigenvalue weighted by Gasteiger charge is 2.34. The number of nitrogens with zero attached hydrogens (tertiary/aromatic N) is 1. The van der Waals surface area contributed by atoms with Gasteiger partial charge in [-0.25, -0.2) is 18.6 Å². The van der Waals surface area contributed by atoms with Crippen molar-refractivity contribution in [2.24, 2.45) is 5.14 Å². The van der Waals surface area contributed by atoms with Crippen molar-refractivity contribution in [3.05, 3.63) is 78.1 Å². The molecule has 0 saturated carbocycles. The standard InChI is InChI=1S/C20H15N3O5S/c21-29(26,27)16-9-6-13(7-10-16)18-11-8-15(28-18)12-17-19(24)22-23(20(17)25)14-4-2-1-3-5-14/h1-12H,(H,22,24)(H2,21,26,27)/b17-12+. The summed E-state index contributed by atoms with van der Waals surface area (Å²) in [7, 11) is -3.78. The molecule has 29 heavy (non-hydrogen) atoms. The number of para-hydroxylation sites is 1. The van der Waals surface area contributed by atoms with Crippen molar-refractivity contribution in [1.82, 2.24) is 5.43 Å². The molecule has 8 nitrogen and oxygen atoms in total. The molecule has 0 aliphatic carbocycles. The maximum absolute atomic E-state index is 12.6. The predicted molar refractivity (Wildman–Crippen MR) is 106 cm³/mol. The fraction of sp³-hybridized carbons (Fsp3) is 0. The molecule has 1 aliphatic rings. The number of nitrogens with two attached hydrogens (primary N) is 1. The number of amides is 2. The summed E-state index contributed by atoms with van der Waals surface area (Å²) in [5.41, 5.74) is 3.63. The van der Waals surface area contributed by atoms with Crippen LogP contribution < -0.4 is 15.6 Å². The number of carbonyl (C=O) groups is 2. The van der Waals surface area contributed by atoms with Crippen molar-refractivity contribution in [2.75, 3.05) is 5.01 Å². The van der Waals surface area contributed by atoms with Gasteiger partial charge in [0.2, 0.25) is 10.0 Å². The van der Waals surface area contributed by atoms with Crippen LogP contribution in [0.4, 0.5) is 5.69 Å². The van der Waals surface area contributed by atoms with Gasteiger partial charge in [0.25, 0.3) is 11.8 Å². The second-order valence-electron chi connectivity index (χ2n) is 6.25. The molecule has 146 valence electrons. The van der Waals surface area contributed by atoms with Crippen LogP contribution in [0.2, 0.25) is 0 Å². The predicted octanol–water partition coefficient (Wildman–Crippen LogP) is 2.06. The number of hydrogen-bond acceptors (Lipinski definition) is 5. The summed E-state index contributed by atoms with van der Waals surface area (Å²) in [5, 5.41) is 6.26. The molecule has 0 atom stereocenters. The number of primary sulfonamides is 1. The third-order valence-corrected chi connectivity index (χ3v) is 5.22. The number of benzene rings is 2. The van der Waals surface area contributed by atoms with E-state index in [4.69, 9.17) is 9.56 Å². The van der Waals surface area contributed by atoms with Crippen LogP contribution in [0.1, 0.15) is 5.76 Å². The van der Waals surface area contributed by atoms with Crippen LogP contribution >= 0.6 is 0 Å². The van der Waals surface area contributed by atoms with E-state index in [1.165, 1.54) is 23.2 Å². The molecule has 1 saturated heterocycles. The average molecular weight is 409 g/mol. The maximum atomic E-state index is 12.6. The van der Waals surface area contributed by atoms with E-state index in [1.807, 2.05) is 6.07 Å². The quantitative estimate of drug-likeness (QED) is 0.504. The molecule has 2 heterocycles. The molecule has 0 unspecified atom stereocenters. The molecule has 2 amide bonds. The Hall–Kier alpha value is -3.69. The molecule has 4 rings (SSSR count). The van der Waals surface area contributed by atoms with Crippen LogP contribution in [0.15, 0.2) is 81.6 Å². The second-order valence-corrected chi connectivity index (χ2v) is 7.81. The number of carbonyl (C=O) groups excluding carboxylic acids is 2. The molecular weight excluding hydrogens is 394 g/mol. The highest BCUT2D eigenvalue weighted by molar-refractivity contribution is 7.89. The number of furan rings is 1. The van der Waals surface area contributed by atoms with E-state index in [1.54, 1.807) is 48.5 Å². The van der Waals surface area contributed by atoms with Crippen molar-refractivity contribution in [2.45, 2.75) is 4.90 Å². The van der Waals surface area contributed by atoms with Crippen LogP contribution in [-0.2, 0) is 19.6 Å². The summed E-state index contributed by atoms with van der Waals surface area (Å²) >= 11 is 0.